The van der Waals surface area contributed by atoms with E-state index in [-0.39, 0.29) is 11.4 Å². The molecule has 1 aromatic carbocycles. The van der Waals surface area contributed by atoms with Crippen LogP contribution in [0.1, 0.15) is 13.8 Å². The lowest BCUT2D eigenvalue weighted by molar-refractivity contribution is -0.139. The van der Waals surface area contributed by atoms with E-state index in [1.807, 2.05) is 0 Å². The molecule has 4 N–H and O–H groups in total. The molecule has 8 heteroatoms. The summed E-state index contributed by atoms with van der Waals surface area (Å²) in [6, 6.07) is 3.19. The molecule has 0 saturated carbocycles. The Morgan fingerprint density at radius 1 is 1.52 bits per heavy atom. The molecule has 0 heterocycles. The van der Waals surface area contributed by atoms with Crippen molar-refractivity contribution in [3.63, 3.8) is 0 Å². The van der Waals surface area contributed by atoms with Crippen molar-refractivity contribution in [2.24, 2.45) is 5.73 Å². The molecule has 116 valence electrons. The number of amides is 1. The van der Waals surface area contributed by atoms with Crippen LogP contribution in [0.5, 0.6) is 0 Å². The van der Waals surface area contributed by atoms with Crippen LogP contribution in [0.3, 0.4) is 0 Å². The Kier molecular flexibility index (Phi) is 6.18. The summed E-state index contributed by atoms with van der Waals surface area (Å²) >= 11 is 4.22. The summed E-state index contributed by atoms with van der Waals surface area (Å²) in [7, 11) is 0. The van der Waals surface area contributed by atoms with E-state index in [9.17, 15) is 14.0 Å². The van der Waals surface area contributed by atoms with Crippen molar-refractivity contribution in [2.45, 2.75) is 24.6 Å². The van der Waals surface area contributed by atoms with Crippen molar-refractivity contribution >= 4 is 45.3 Å². The minimum atomic E-state index is -1.13. The Morgan fingerprint density at radius 2 is 2.14 bits per heavy atom. The van der Waals surface area contributed by atoms with Crippen molar-refractivity contribution in [3.05, 3.63) is 28.5 Å². The smallest absolute Gasteiger partial charge is 0.321 e. The second-order valence-electron chi connectivity index (χ2n) is 4.88. The van der Waals surface area contributed by atoms with Crippen LogP contribution in [0.4, 0.5) is 10.1 Å². The monoisotopic (exact) mass is 378 g/mol. The van der Waals surface area contributed by atoms with Crippen LogP contribution >= 0.6 is 27.7 Å². The highest BCUT2D eigenvalue weighted by atomic mass is 79.9. The molecule has 0 aromatic heterocycles. The summed E-state index contributed by atoms with van der Waals surface area (Å²) in [6.45, 7) is 3.29. The Labute approximate surface area is 134 Å². The van der Waals surface area contributed by atoms with Crippen molar-refractivity contribution in [1.29, 1.82) is 0 Å². The Bertz CT molecular complexity index is 554. The summed E-state index contributed by atoms with van der Waals surface area (Å²) in [5, 5.41) is 11.3. The number of carboxylic acid groups (broad SMARTS) is 1. The first-order valence-electron chi connectivity index (χ1n) is 6.00. The quantitative estimate of drug-likeness (QED) is 0.706. The number of nitrogens with two attached hydrogens (primary N) is 1. The van der Waals surface area contributed by atoms with E-state index in [1.165, 1.54) is 12.1 Å². The van der Waals surface area contributed by atoms with Gasteiger partial charge >= 0.3 is 5.97 Å². The minimum Gasteiger partial charge on any atom is -0.480 e. The summed E-state index contributed by atoms with van der Waals surface area (Å²) < 4.78 is 13.3. The predicted molar refractivity (Wildman–Crippen MR) is 84.9 cm³/mol. The van der Waals surface area contributed by atoms with Gasteiger partial charge in [-0.25, -0.2) is 4.39 Å². The molecular formula is C13H16BrFN2O3S. The molecule has 0 fully saturated rings. The third-order valence-electron chi connectivity index (χ3n) is 2.80. The highest BCUT2D eigenvalue weighted by Crippen LogP contribution is 2.28. The molecule has 21 heavy (non-hydrogen) atoms. The molecule has 5 nitrogen and oxygen atoms in total. The number of halogens is 2. The minimum absolute atomic E-state index is 0.0243. The zero-order chi connectivity index (χ0) is 16.2. The largest absolute Gasteiger partial charge is 0.480 e. The van der Waals surface area contributed by atoms with Crippen molar-refractivity contribution in [2.75, 3.05) is 11.1 Å². The number of hydrogen-bond donors (Lipinski definition) is 3. The van der Waals surface area contributed by atoms with Gasteiger partial charge < -0.3 is 16.2 Å². The summed E-state index contributed by atoms with van der Waals surface area (Å²) in [5.41, 5.74) is 5.63. The van der Waals surface area contributed by atoms with Crippen LogP contribution < -0.4 is 11.1 Å². The lowest BCUT2D eigenvalue weighted by Crippen LogP contribution is -2.47. The Morgan fingerprint density at radius 3 is 2.67 bits per heavy atom. The topological polar surface area (TPSA) is 92.4 Å². The van der Waals surface area contributed by atoms with Crippen LogP contribution in [-0.2, 0) is 9.59 Å². The average molecular weight is 379 g/mol. The third kappa shape index (κ3) is 5.29. The van der Waals surface area contributed by atoms with Crippen molar-refractivity contribution < 1.29 is 19.1 Å². The molecule has 0 radical (unpaired) electrons. The van der Waals surface area contributed by atoms with Crippen LogP contribution in [0.25, 0.3) is 0 Å². The standard InChI is InChI=1S/C13H16BrFN2O3S/c1-13(2,11(16)12(19)20)21-6-10(18)17-9-4-3-7(14)5-8(9)15/h3-5,11H,6,16H2,1-2H3,(H,17,18)(H,19,20)/t11-/m0/s1. The van der Waals surface area contributed by atoms with E-state index in [0.717, 1.165) is 11.8 Å². The number of nitrogens with one attached hydrogen (secondary N) is 1. The highest BCUT2D eigenvalue weighted by molar-refractivity contribution is 9.10. The molecule has 1 rings (SSSR count). The maximum atomic E-state index is 13.6. The predicted octanol–water partition coefficient (Wildman–Crippen LogP) is 2.45. The number of benzene rings is 1. The lowest BCUT2D eigenvalue weighted by atomic mass is 10.1. The normalized spacial score (nSPS) is 12.8. The fraction of sp³-hybridized carbons (Fsp3) is 0.385. The summed E-state index contributed by atoms with van der Waals surface area (Å²) in [5.74, 6) is -2.13. The Balaban J connectivity index is 2.60. The molecule has 0 aliphatic carbocycles. The number of carbonyl (C=O) groups is 2. The number of aliphatic carboxylic acids is 1. The zero-order valence-corrected chi connectivity index (χ0v) is 13.9. The fourth-order valence-corrected chi connectivity index (χ4v) is 2.60. The lowest BCUT2D eigenvalue weighted by Gasteiger charge is -2.27. The fourth-order valence-electron chi connectivity index (χ4n) is 1.42. The van der Waals surface area contributed by atoms with Crippen LogP contribution in [0.2, 0.25) is 0 Å². The van der Waals surface area contributed by atoms with Gasteiger partial charge in [0.15, 0.2) is 0 Å². The van der Waals surface area contributed by atoms with E-state index >= 15 is 0 Å². The average Bonchev–Trinajstić information content (AvgIpc) is 2.39. The number of anilines is 1. The number of thioether (sulfide) groups is 1. The van der Waals surface area contributed by atoms with Gasteiger partial charge in [0.1, 0.15) is 11.9 Å². The number of carbonyl (C=O) groups excluding carboxylic acids is 1. The molecule has 0 unspecified atom stereocenters. The maximum absolute atomic E-state index is 13.6. The van der Waals surface area contributed by atoms with E-state index < -0.39 is 28.5 Å². The Hall–Kier alpha value is -1.12. The second-order valence-corrected chi connectivity index (χ2v) is 7.43. The van der Waals surface area contributed by atoms with E-state index in [1.54, 1.807) is 19.9 Å². The SMILES string of the molecule is CC(C)(SCC(=O)Nc1ccc(Br)cc1F)[C@@H](N)C(=O)O. The van der Waals surface area contributed by atoms with Crippen LogP contribution in [0.15, 0.2) is 22.7 Å². The molecule has 0 bridgehead atoms. The number of hydrogen-bond acceptors (Lipinski definition) is 4. The molecular weight excluding hydrogens is 363 g/mol. The summed E-state index contributed by atoms with van der Waals surface area (Å²) in [4.78, 5) is 22.7. The van der Waals surface area contributed by atoms with Gasteiger partial charge in [-0.2, -0.15) is 0 Å². The van der Waals surface area contributed by atoms with Gasteiger partial charge in [-0.15, -0.1) is 11.8 Å². The van der Waals surface area contributed by atoms with Gasteiger partial charge in [0.25, 0.3) is 0 Å². The van der Waals surface area contributed by atoms with Crippen molar-refractivity contribution in [3.8, 4) is 0 Å². The summed E-state index contributed by atoms with van der Waals surface area (Å²) in [6.07, 6.45) is 0. The second kappa shape index (κ2) is 7.24. The van der Waals surface area contributed by atoms with E-state index in [2.05, 4.69) is 21.2 Å². The third-order valence-corrected chi connectivity index (χ3v) is 4.69. The van der Waals surface area contributed by atoms with E-state index in [0.29, 0.717) is 4.47 Å². The maximum Gasteiger partial charge on any atom is 0.321 e. The molecule has 1 amide bonds. The molecule has 0 aliphatic heterocycles. The number of carboxylic acids is 1. The molecule has 1 aromatic rings. The number of rotatable bonds is 6. The first-order valence-corrected chi connectivity index (χ1v) is 7.78. The van der Waals surface area contributed by atoms with Crippen LogP contribution in [0, 0.1) is 5.82 Å². The molecule has 0 saturated heterocycles. The van der Waals surface area contributed by atoms with Gasteiger partial charge in [-0.05, 0) is 32.0 Å². The van der Waals surface area contributed by atoms with Gasteiger partial charge in [-0.1, -0.05) is 15.9 Å². The first-order chi connectivity index (χ1) is 9.63. The molecule has 0 aliphatic rings. The molecule has 0 spiro atoms. The first kappa shape index (κ1) is 17.9. The zero-order valence-electron chi connectivity index (χ0n) is 11.5. The van der Waals surface area contributed by atoms with Gasteiger partial charge in [0.05, 0.1) is 11.4 Å². The van der Waals surface area contributed by atoms with Gasteiger partial charge in [0.2, 0.25) is 5.91 Å². The van der Waals surface area contributed by atoms with Gasteiger partial charge in [0, 0.05) is 9.22 Å². The molecule has 1 atom stereocenters. The van der Waals surface area contributed by atoms with Crippen molar-refractivity contribution in [1.82, 2.24) is 0 Å². The van der Waals surface area contributed by atoms with E-state index in [4.69, 9.17) is 10.8 Å². The van der Waals surface area contributed by atoms with Crippen LogP contribution in [-0.4, -0.2) is 33.5 Å². The van der Waals surface area contributed by atoms with Gasteiger partial charge in [-0.3, -0.25) is 9.59 Å². The highest BCUT2D eigenvalue weighted by Gasteiger charge is 2.33.